The van der Waals surface area contributed by atoms with Crippen molar-refractivity contribution in [2.24, 2.45) is 5.92 Å². The maximum absolute atomic E-state index is 14.0. The number of carbonyl (C=O) groups excluding carboxylic acids is 2. The van der Waals surface area contributed by atoms with Crippen molar-refractivity contribution < 1.29 is 45.8 Å². The summed E-state index contributed by atoms with van der Waals surface area (Å²) >= 11 is 0. The third-order valence-corrected chi connectivity index (χ3v) is 8.26. The van der Waals surface area contributed by atoms with E-state index in [9.17, 15) is 36.3 Å². The molecule has 2 N–H and O–H groups in total. The first-order valence-electron chi connectivity index (χ1n) is 13.6. The number of halogens is 3. The van der Waals surface area contributed by atoms with Gasteiger partial charge in [0.15, 0.2) is 0 Å². The molecule has 41 heavy (non-hydrogen) atoms. The summed E-state index contributed by atoms with van der Waals surface area (Å²) in [5, 5.41) is 12.4. The summed E-state index contributed by atoms with van der Waals surface area (Å²) in [6.45, 7) is 5.50. The number of sulfonamides is 1. The Morgan fingerprint density at radius 1 is 1.27 bits per heavy atom. The molecule has 1 aliphatic heterocycles. The van der Waals surface area contributed by atoms with Crippen molar-refractivity contribution in [3.63, 3.8) is 0 Å². The molecule has 14 heteroatoms. The molecule has 1 aromatic carbocycles. The van der Waals surface area contributed by atoms with Gasteiger partial charge in [0, 0.05) is 44.8 Å². The molecule has 1 aromatic rings. The van der Waals surface area contributed by atoms with Gasteiger partial charge >= 0.3 is 6.18 Å². The van der Waals surface area contributed by atoms with Crippen LogP contribution in [0.2, 0.25) is 0 Å². The standard InChI is InChI=1S/C27H42F3N3O7S/c1-18-15-33(19(2)17-34)26(36)22-14-21(31-25(35)11-12-27(28,29)30)9-10-23(22)40-20(3)8-6-7-13-39-24(18)16-32(4)41(5,37)38/h9-10,14,18-20,24,34H,6-8,11-13,15-17H2,1-5H3,(H,31,35)/t18-,19+,20-,24+/m0/s1. The van der Waals surface area contributed by atoms with Gasteiger partial charge in [0.25, 0.3) is 5.91 Å². The molecule has 2 rings (SSSR count). The summed E-state index contributed by atoms with van der Waals surface area (Å²) in [4.78, 5) is 27.6. The lowest BCUT2D eigenvalue weighted by atomic mass is 10.0. The van der Waals surface area contributed by atoms with E-state index in [1.54, 1.807) is 6.92 Å². The fourth-order valence-corrected chi connectivity index (χ4v) is 4.75. The second kappa shape index (κ2) is 15.2. The van der Waals surface area contributed by atoms with Gasteiger partial charge < -0.3 is 24.8 Å². The van der Waals surface area contributed by atoms with Crippen LogP contribution >= 0.6 is 0 Å². The zero-order chi connectivity index (χ0) is 31.0. The summed E-state index contributed by atoms with van der Waals surface area (Å²) in [7, 11) is -2.03. The van der Waals surface area contributed by atoms with Crippen LogP contribution in [-0.2, 0) is 19.6 Å². The Labute approximate surface area is 240 Å². The van der Waals surface area contributed by atoms with Crippen molar-refractivity contribution >= 4 is 27.5 Å². The Morgan fingerprint density at radius 2 is 1.95 bits per heavy atom. The van der Waals surface area contributed by atoms with Gasteiger partial charge in [0.1, 0.15) is 5.75 Å². The minimum absolute atomic E-state index is 0.0692. The van der Waals surface area contributed by atoms with Crippen LogP contribution < -0.4 is 10.1 Å². The number of ether oxygens (including phenoxy) is 2. The predicted molar refractivity (Wildman–Crippen MR) is 148 cm³/mol. The Hall–Kier alpha value is -2.42. The van der Waals surface area contributed by atoms with Crippen LogP contribution in [0.4, 0.5) is 18.9 Å². The number of hydrogen-bond acceptors (Lipinski definition) is 7. The third-order valence-electron chi connectivity index (χ3n) is 6.97. The molecule has 0 saturated heterocycles. The molecule has 0 radical (unpaired) electrons. The van der Waals surface area contributed by atoms with E-state index in [0.29, 0.717) is 19.4 Å². The number of anilines is 1. The van der Waals surface area contributed by atoms with Crippen LogP contribution in [0.1, 0.15) is 63.2 Å². The lowest BCUT2D eigenvalue weighted by Gasteiger charge is -2.35. The zero-order valence-corrected chi connectivity index (χ0v) is 25.1. The van der Waals surface area contributed by atoms with Gasteiger partial charge in [0.2, 0.25) is 15.9 Å². The summed E-state index contributed by atoms with van der Waals surface area (Å²) in [5.74, 6) is -1.50. The van der Waals surface area contributed by atoms with Crippen LogP contribution in [0, 0.1) is 5.92 Å². The molecular weight excluding hydrogens is 567 g/mol. The molecule has 0 saturated carbocycles. The Balaban J connectivity index is 2.46. The lowest BCUT2D eigenvalue weighted by molar-refractivity contribution is -0.142. The number of nitrogens with zero attached hydrogens (tertiary/aromatic N) is 2. The van der Waals surface area contributed by atoms with Crippen LogP contribution in [-0.4, -0.2) is 98.6 Å². The van der Waals surface area contributed by atoms with Crippen LogP contribution in [0.5, 0.6) is 5.75 Å². The summed E-state index contributed by atoms with van der Waals surface area (Å²) in [6.07, 6.45) is -4.20. The summed E-state index contributed by atoms with van der Waals surface area (Å²) < 4.78 is 75.3. The number of fused-ring (bicyclic) bond motifs is 1. The molecule has 0 aliphatic carbocycles. The molecule has 2 amide bonds. The van der Waals surface area contributed by atoms with E-state index in [0.717, 1.165) is 12.7 Å². The number of benzene rings is 1. The van der Waals surface area contributed by atoms with Gasteiger partial charge in [-0.3, -0.25) is 9.59 Å². The first kappa shape index (κ1) is 34.8. The number of alkyl halides is 3. The number of amides is 2. The second-order valence-corrected chi connectivity index (χ2v) is 12.8. The molecule has 234 valence electrons. The maximum atomic E-state index is 14.0. The van der Waals surface area contributed by atoms with Crippen molar-refractivity contribution in [1.82, 2.24) is 9.21 Å². The molecule has 4 atom stereocenters. The van der Waals surface area contributed by atoms with E-state index in [1.807, 2.05) is 13.8 Å². The number of aliphatic hydroxyl groups excluding tert-OH is 1. The highest BCUT2D eigenvalue weighted by Gasteiger charge is 2.32. The Morgan fingerprint density at radius 3 is 2.56 bits per heavy atom. The topological polar surface area (TPSA) is 125 Å². The van der Waals surface area contributed by atoms with Crippen molar-refractivity contribution in [2.45, 2.75) is 77.3 Å². The van der Waals surface area contributed by atoms with E-state index < -0.39 is 53.0 Å². The van der Waals surface area contributed by atoms with E-state index >= 15 is 0 Å². The van der Waals surface area contributed by atoms with Gasteiger partial charge in [-0.05, 0) is 51.3 Å². The molecule has 1 heterocycles. The van der Waals surface area contributed by atoms with Gasteiger partial charge in [-0.15, -0.1) is 0 Å². The number of rotatable bonds is 8. The highest BCUT2D eigenvalue weighted by atomic mass is 32.2. The minimum atomic E-state index is -4.48. The number of hydrogen-bond donors (Lipinski definition) is 2. The number of nitrogens with one attached hydrogen (secondary N) is 1. The quantitative estimate of drug-likeness (QED) is 0.461. The smallest absolute Gasteiger partial charge is 0.389 e. The van der Waals surface area contributed by atoms with Crippen molar-refractivity contribution in [1.29, 1.82) is 0 Å². The summed E-state index contributed by atoms with van der Waals surface area (Å²) in [5.41, 5.74) is 0.197. The SMILES string of the molecule is C[C@H](CO)N1C[C@H](C)[C@@H](CN(C)S(C)(=O)=O)OCCCC[C@H](C)Oc2ccc(NC(=O)CCC(F)(F)F)cc2C1=O. The average molecular weight is 610 g/mol. The summed E-state index contributed by atoms with van der Waals surface area (Å²) in [6, 6.07) is 3.66. The monoisotopic (exact) mass is 609 g/mol. The third kappa shape index (κ3) is 11.4. The van der Waals surface area contributed by atoms with Crippen molar-refractivity contribution in [3.05, 3.63) is 23.8 Å². The fraction of sp³-hybridized carbons (Fsp3) is 0.704. The highest BCUT2D eigenvalue weighted by molar-refractivity contribution is 7.88. The van der Waals surface area contributed by atoms with Gasteiger partial charge in [-0.2, -0.15) is 13.2 Å². The molecule has 0 bridgehead atoms. The first-order chi connectivity index (χ1) is 19.0. The molecule has 0 spiro atoms. The zero-order valence-electron chi connectivity index (χ0n) is 24.2. The van der Waals surface area contributed by atoms with Gasteiger partial charge in [-0.25, -0.2) is 12.7 Å². The molecular formula is C27H42F3N3O7S. The van der Waals surface area contributed by atoms with Crippen LogP contribution in [0.25, 0.3) is 0 Å². The first-order valence-corrected chi connectivity index (χ1v) is 15.5. The molecule has 0 unspecified atom stereocenters. The second-order valence-electron chi connectivity index (χ2n) is 10.7. The Kier molecular flexibility index (Phi) is 12.9. The van der Waals surface area contributed by atoms with E-state index in [-0.39, 0.29) is 48.7 Å². The number of likely N-dealkylation sites (N-methyl/N-ethyl adjacent to an activating group) is 1. The maximum Gasteiger partial charge on any atom is 0.389 e. The molecule has 0 fully saturated rings. The fourth-order valence-electron chi connectivity index (χ4n) is 4.33. The number of carbonyl (C=O) groups is 2. The highest BCUT2D eigenvalue weighted by Crippen LogP contribution is 2.29. The molecule has 1 aliphatic rings. The normalized spacial score (nSPS) is 22.4. The van der Waals surface area contributed by atoms with Crippen molar-refractivity contribution in [3.8, 4) is 5.75 Å². The number of aliphatic hydroxyl groups is 1. The average Bonchev–Trinajstić information content (AvgIpc) is 2.88. The van der Waals surface area contributed by atoms with Gasteiger partial charge in [-0.1, -0.05) is 6.92 Å². The Bertz CT molecular complexity index is 1130. The minimum Gasteiger partial charge on any atom is -0.490 e. The van der Waals surface area contributed by atoms with Gasteiger partial charge in [0.05, 0.1) is 43.1 Å². The van der Waals surface area contributed by atoms with E-state index in [4.69, 9.17) is 9.47 Å². The van der Waals surface area contributed by atoms with Crippen molar-refractivity contribution in [2.75, 3.05) is 44.9 Å². The largest absolute Gasteiger partial charge is 0.490 e. The predicted octanol–water partition coefficient (Wildman–Crippen LogP) is 3.65. The van der Waals surface area contributed by atoms with Crippen LogP contribution in [0.3, 0.4) is 0 Å². The van der Waals surface area contributed by atoms with Crippen LogP contribution in [0.15, 0.2) is 18.2 Å². The molecule has 0 aromatic heterocycles. The lowest BCUT2D eigenvalue weighted by Crippen LogP contribution is -2.47. The van der Waals surface area contributed by atoms with E-state index in [2.05, 4.69) is 5.32 Å². The molecule has 10 nitrogen and oxygen atoms in total. The van der Waals surface area contributed by atoms with E-state index in [1.165, 1.54) is 34.5 Å².